The van der Waals surface area contributed by atoms with Crippen LogP contribution in [0.1, 0.15) is 180 Å². The minimum absolute atomic E-state index is 0.00128. The Balaban J connectivity index is 1.17. The van der Waals surface area contributed by atoms with E-state index >= 15 is 0 Å². The summed E-state index contributed by atoms with van der Waals surface area (Å²) < 4.78 is 5.30. The molecule has 0 N–H and O–H groups in total. The van der Waals surface area contributed by atoms with Crippen molar-refractivity contribution in [2.45, 2.75) is 163 Å². The molecule has 0 saturated heterocycles. The summed E-state index contributed by atoms with van der Waals surface area (Å²) in [7, 11) is 0. The molecule has 4 bridgehead atoms. The fourth-order valence-corrected chi connectivity index (χ4v) is 15.3. The van der Waals surface area contributed by atoms with Crippen molar-refractivity contribution in [1.82, 2.24) is 8.80 Å². The molecular weight excluding hydrogens is 813 g/mol. The molecule has 4 aromatic heterocycles. The van der Waals surface area contributed by atoms with Gasteiger partial charge >= 0.3 is 0 Å². The molecule has 6 aromatic carbocycles. The van der Waals surface area contributed by atoms with Crippen molar-refractivity contribution in [2.75, 3.05) is 0 Å². The highest BCUT2D eigenvalue weighted by Crippen LogP contribution is 2.58. The van der Waals surface area contributed by atoms with Gasteiger partial charge in [-0.2, -0.15) is 0 Å². The first-order valence-corrected chi connectivity index (χ1v) is 26.0. The average Bonchev–Trinajstić information content (AvgIpc) is 3.98. The van der Waals surface area contributed by atoms with Crippen LogP contribution in [0.15, 0.2) is 66.7 Å². The summed E-state index contributed by atoms with van der Waals surface area (Å²) in [6, 6.07) is 27.6. The van der Waals surface area contributed by atoms with Gasteiger partial charge in [0.05, 0.1) is 33.1 Å². The van der Waals surface area contributed by atoms with Crippen molar-refractivity contribution in [2.24, 2.45) is 10.8 Å². The molecule has 16 rings (SSSR count). The minimum atomic E-state index is -0.294. The molecule has 3 nitrogen and oxygen atoms in total. The van der Waals surface area contributed by atoms with Crippen molar-refractivity contribution < 1.29 is 4.79 Å². The summed E-state index contributed by atoms with van der Waals surface area (Å²) in [6.45, 7) is 26.0. The predicted molar refractivity (Wildman–Crippen MR) is 284 cm³/mol. The summed E-state index contributed by atoms with van der Waals surface area (Å²) in [5.41, 5.74) is 23.1. The van der Waals surface area contributed by atoms with Crippen molar-refractivity contribution in [1.29, 1.82) is 0 Å². The van der Waals surface area contributed by atoms with E-state index in [2.05, 4.69) is 152 Å². The van der Waals surface area contributed by atoms with E-state index in [1.807, 2.05) is 0 Å². The zero-order valence-corrected chi connectivity index (χ0v) is 41.9. The highest BCUT2D eigenvalue weighted by Gasteiger charge is 2.49. The molecule has 10 aromatic rings. The van der Waals surface area contributed by atoms with Crippen molar-refractivity contribution >= 4 is 82.0 Å². The van der Waals surface area contributed by atoms with Crippen LogP contribution in [0.4, 0.5) is 0 Å². The highest BCUT2D eigenvalue weighted by atomic mass is 16.1. The monoisotopic (exact) mass is 879 g/mol. The van der Waals surface area contributed by atoms with E-state index in [4.69, 9.17) is 0 Å². The van der Waals surface area contributed by atoms with Crippen molar-refractivity contribution in [3.05, 3.63) is 117 Å². The van der Waals surface area contributed by atoms with Gasteiger partial charge < -0.3 is 8.80 Å². The Morgan fingerprint density at radius 1 is 0.582 bits per heavy atom. The van der Waals surface area contributed by atoms with Gasteiger partial charge in [0.1, 0.15) is 0 Å². The molecule has 0 atom stereocenters. The summed E-state index contributed by atoms with van der Waals surface area (Å²) >= 11 is 0. The highest BCUT2D eigenvalue weighted by molar-refractivity contribution is 6.30. The average molecular weight is 879 g/mol. The number of carbonyl (C=O) groups excluding carboxylic acids is 1. The Morgan fingerprint density at radius 2 is 1.10 bits per heavy atom. The van der Waals surface area contributed by atoms with Gasteiger partial charge in [0.2, 0.25) is 0 Å². The molecule has 2 fully saturated rings. The molecule has 6 aliphatic rings. The number of nitrogens with zero attached hydrogens (tertiary/aromatic N) is 2. The van der Waals surface area contributed by atoms with Crippen LogP contribution in [-0.4, -0.2) is 14.6 Å². The third kappa shape index (κ3) is 5.22. The number of fused-ring (bicyclic) bond motifs is 16. The predicted octanol–water partition coefficient (Wildman–Crippen LogP) is 17.5. The third-order valence-electron chi connectivity index (χ3n) is 18.8. The molecule has 0 radical (unpaired) electrons. The fraction of sp³-hybridized carbons (Fsp3) is 0.422. The lowest BCUT2D eigenvalue weighted by molar-refractivity contribution is 0.0732. The van der Waals surface area contributed by atoms with Crippen molar-refractivity contribution in [3.8, 4) is 11.1 Å². The Labute approximate surface area is 395 Å². The number of aryl methyl sites for hydroxylation is 3. The van der Waals surface area contributed by atoms with E-state index in [1.165, 1.54) is 135 Å². The number of hydrogen-bond donors (Lipinski definition) is 0. The quantitative estimate of drug-likeness (QED) is 0.174. The summed E-state index contributed by atoms with van der Waals surface area (Å²) in [4.78, 5) is 14.8. The van der Waals surface area contributed by atoms with E-state index in [1.54, 1.807) is 22.1 Å². The molecule has 3 heteroatoms. The maximum atomic E-state index is 14.8. The van der Waals surface area contributed by atoms with Gasteiger partial charge in [-0.3, -0.25) is 4.79 Å². The van der Waals surface area contributed by atoms with E-state index < -0.39 is 0 Å². The lowest BCUT2D eigenvalue weighted by Crippen LogP contribution is -2.33. The maximum absolute atomic E-state index is 14.8. The van der Waals surface area contributed by atoms with Crippen LogP contribution in [0.2, 0.25) is 0 Å². The van der Waals surface area contributed by atoms with Crippen molar-refractivity contribution in [3.63, 3.8) is 0 Å². The lowest BCUT2D eigenvalue weighted by atomic mass is 9.63. The summed E-state index contributed by atoms with van der Waals surface area (Å²) in [6.07, 6.45) is 11.5. The van der Waals surface area contributed by atoms with Crippen LogP contribution in [0.25, 0.3) is 87.3 Å². The Morgan fingerprint density at radius 3 is 1.70 bits per heavy atom. The standard InChI is InChI=1S/C64H66N2O/c1-12-35-21-33(2)54(34(3)22-35)38-23-44-41-28-49-47(60(67)64(11)19-17-63(49,10)18-20-64)31-52(41)65-50-30-43-46-26-40(62(7,8)9)27-48-57-53(66(59(46)48)51(43)29-42(50)45(24-38)58(44)65)25-39(32-61(4,5)6)55-36-13-15-37(16-14-36)56(55)57/h21-31,36-37H,12-20,32H2,1-11H3. The number of carbonyl (C=O) groups is 1. The van der Waals surface area contributed by atoms with Gasteiger partial charge in [-0.05, 0) is 216 Å². The Kier molecular flexibility index (Phi) is 7.77. The molecule has 338 valence electrons. The second kappa shape index (κ2) is 12.8. The van der Waals surface area contributed by atoms with Crippen LogP contribution in [0.3, 0.4) is 0 Å². The lowest BCUT2D eigenvalue weighted by Gasteiger charge is -2.41. The zero-order valence-electron chi connectivity index (χ0n) is 41.9. The molecule has 0 unspecified atom stereocenters. The maximum Gasteiger partial charge on any atom is 0.169 e. The number of aromatic nitrogens is 2. The molecular formula is C64H66N2O. The van der Waals surface area contributed by atoms with Crippen LogP contribution < -0.4 is 0 Å². The van der Waals surface area contributed by atoms with Crippen LogP contribution in [0, 0.1) is 24.7 Å². The first kappa shape index (κ1) is 40.6. The van der Waals surface area contributed by atoms with Crippen LogP contribution >= 0.6 is 0 Å². The number of ketones is 1. The van der Waals surface area contributed by atoms with Gasteiger partial charge in [0, 0.05) is 54.1 Å². The van der Waals surface area contributed by atoms with E-state index in [0.29, 0.717) is 17.6 Å². The van der Waals surface area contributed by atoms with Crippen LogP contribution in [0.5, 0.6) is 0 Å². The minimum Gasteiger partial charge on any atom is -0.308 e. The molecule has 67 heavy (non-hydrogen) atoms. The largest absolute Gasteiger partial charge is 0.308 e. The van der Waals surface area contributed by atoms with Gasteiger partial charge in [0.25, 0.3) is 0 Å². The number of hydrogen-bond acceptors (Lipinski definition) is 1. The molecule has 6 aliphatic carbocycles. The third-order valence-corrected chi connectivity index (χ3v) is 18.8. The summed E-state index contributed by atoms with van der Waals surface area (Å²) in [5, 5.41) is 10.9. The SMILES string of the molecule is CCc1cc(C)c(-c2cc3c4cc5c(cc4n4c6cc7c8cc(C(C)(C)C)cc9c%10c%11c(c(CC(C)(C)C)cc%10n(c7cc6c(c2)c34)c89)C2CCC%11CC2)C(=O)C2(C)CCC5(C)CC2)c(C)c1. The number of benzene rings is 6. The first-order valence-electron chi connectivity index (χ1n) is 26.0. The van der Waals surface area contributed by atoms with E-state index in [0.717, 1.165) is 44.1 Å². The smallest absolute Gasteiger partial charge is 0.169 e. The number of Topliss-reactive ketones (excluding diaryl/α,β-unsaturated/α-hetero) is 1. The fourth-order valence-electron chi connectivity index (χ4n) is 15.3. The second-order valence-electron chi connectivity index (χ2n) is 25.5. The van der Waals surface area contributed by atoms with E-state index in [9.17, 15) is 4.79 Å². The molecule has 2 saturated carbocycles. The van der Waals surface area contributed by atoms with Crippen LogP contribution in [-0.2, 0) is 23.7 Å². The van der Waals surface area contributed by atoms with E-state index in [-0.39, 0.29) is 21.7 Å². The number of rotatable bonds is 3. The molecule has 0 amide bonds. The van der Waals surface area contributed by atoms with Gasteiger partial charge in [-0.25, -0.2) is 0 Å². The topological polar surface area (TPSA) is 25.9 Å². The van der Waals surface area contributed by atoms with Gasteiger partial charge in [-0.1, -0.05) is 74.4 Å². The van der Waals surface area contributed by atoms with Gasteiger partial charge in [0.15, 0.2) is 5.78 Å². The van der Waals surface area contributed by atoms with Gasteiger partial charge in [-0.15, -0.1) is 0 Å². The Bertz CT molecular complexity index is 3830. The molecule has 0 aliphatic heterocycles. The second-order valence-corrected chi connectivity index (χ2v) is 25.5. The first-order chi connectivity index (χ1) is 31.8. The normalized spacial score (nSPS) is 23.2. The summed E-state index contributed by atoms with van der Waals surface area (Å²) in [5.74, 6) is 1.67. The zero-order chi connectivity index (χ0) is 46.2. The molecule has 0 spiro atoms. The Hall–Kier alpha value is -5.41. The molecule has 4 heterocycles.